The van der Waals surface area contributed by atoms with E-state index < -0.39 is 12.0 Å². The summed E-state index contributed by atoms with van der Waals surface area (Å²) < 4.78 is 4.73. The van der Waals surface area contributed by atoms with Gasteiger partial charge in [-0.15, -0.1) is 0 Å². The predicted octanol–water partition coefficient (Wildman–Crippen LogP) is 1.42. The summed E-state index contributed by atoms with van der Waals surface area (Å²) in [5, 5.41) is 0. The summed E-state index contributed by atoms with van der Waals surface area (Å²) >= 11 is 0. The molecular weight excluding hydrogens is 230 g/mol. The highest BCUT2D eigenvalue weighted by Crippen LogP contribution is 2.10. The van der Waals surface area contributed by atoms with E-state index in [-0.39, 0.29) is 5.91 Å². The zero-order valence-electron chi connectivity index (χ0n) is 10.6. The Morgan fingerprint density at radius 2 is 2.00 bits per heavy atom. The van der Waals surface area contributed by atoms with Crippen molar-refractivity contribution >= 4 is 11.9 Å². The minimum atomic E-state index is -0.636. The van der Waals surface area contributed by atoms with Gasteiger partial charge in [-0.25, -0.2) is 4.79 Å². The summed E-state index contributed by atoms with van der Waals surface area (Å²) in [5.74, 6) is -0.738. The van der Waals surface area contributed by atoms with Crippen molar-refractivity contribution in [2.75, 3.05) is 14.2 Å². The van der Waals surface area contributed by atoms with Crippen molar-refractivity contribution in [2.24, 2.45) is 0 Å². The third kappa shape index (κ3) is 3.45. The number of methoxy groups -OCH3 is 1. The molecule has 0 aliphatic rings. The van der Waals surface area contributed by atoms with Crippen molar-refractivity contribution in [2.45, 2.75) is 12.5 Å². The Kier molecular flexibility index (Phi) is 5.11. The van der Waals surface area contributed by atoms with Crippen molar-refractivity contribution in [3.05, 3.63) is 48.6 Å². The molecule has 1 aromatic carbocycles. The van der Waals surface area contributed by atoms with Gasteiger partial charge in [0.1, 0.15) is 6.04 Å². The zero-order chi connectivity index (χ0) is 13.5. The zero-order valence-corrected chi connectivity index (χ0v) is 10.6. The molecule has 0 aliphatic heterocycles. The van der Waals surface area contributed by atoms with Gasteiger partial charge in [0.05, 0.1) is 7.11 Å². The number of rotatable bonds is 5. The number of hydrogen-bond acceptors (Lipinski definition) is 3. The van der Waals surface area contributed by atoms with Crippen LogP contribution in [0.5, 0.6) is 0 Å². The fourth-order valence-electron chi connectivity index (χ4n) is 1.65. The number of carbonyl (C=O) groups is 2. The monoisotopic (exact) mass is 247 g/mol. The van der Waals surface area contributed by atoms with Crippen molar-refractivity contribution in [1.82, 2.24) is 4.90 Å². The molecule has 0 unspecified atom stereocenters. The SMILES string of the molecule is C=CC(=O)N(C)[C@@H](Cc1ccccc1)C(=O)OC. The molecule has 1 amide bonds. The van der Waals surface area contributed by atoms with Gasteiger partial charge in [-0.1, -0.05) is 36.9 Å². The molecular formula is C14H17NO3. The molecule has 0 aliphatic carbocycles. The fourth-order valence-corrected chi connectivity index (χ4v) is 1.65. The van der Waals surface area contributed by atoms with Gasteiger partial charge < -0.3 is 9.64 Å². The lowest BCUT2D eigenvalue weighted by Gasteiger charge is -2.25. The van der Waals surface area contributed by atoms with Crippen LogP contribution in [-0.2, 0) is 20.7 Å². The Labute approximate surface area is 107 Å². The molecule has 0 heterocycles. The van der Waals surface area contributed by atoms with Gasteiger partial charge in [-0.05, 0) is 11.6 Å². The molecule has 0 bridgehead atoms. The third-order valence-corrected chi connectivity index (χ3v) is 2.73. The highest BCUT2D eigenvalue weighted by Gasteiger charge is 2.26. The lowest BCUT2D eigenvalue weighted by atomic mass is 10.0. The van der Waals surface area contributed by atoms with Crippen LogP contribution in [0.1, 0.15) is 5.56 Å². The van der Waals surface area contributed by atoms with E-state index in [1.807, 2.05) is 30.3 Å². The van der Waals surface area contributed by atoms with Crippen LogP contribution in [0.3, 0.4) is 0 Å². The minimum Gasteiger partial charge on any atom is -0.467 e. The molecule has 4 heteroatoms. The molecule has 0 fully saturated rings. The number of carbonyl (C=O) groups excluding carboxylic acids is 2. The summed E-state index contributed by atoms with van der Waals surface area (Å²) in [7, 11) is 2.88. The fraction of sp³-hybridized carbons (Fsp3) is 0.286. The van der Waals surface area contributed by atoms with E-state index in [2.05, 4.69) is 6.58 Å². The molecule has 0 saturated heterocycles. The van der Waals surface area contributed by atoms with Crippen LogP contribution < -0.4 is 0 Å². The first-order chi connectivity index (χ1) is 8.60. The van der Waals surface area contributed by atoms with E-state index >= 15 is 0 Å². The highest BCUT2D eigenvalue weighted by atomic mass is 16.5. The normalized spacial score (nSPS) is 11.4. The van der Waals surface area contributed by atoms with E-state index in [0.717, 1.165) is 5.56 Å². The summed E-state index contributed by atoms with van der Waals surface area (Å²) in [4.78, 5) is 24.6. The van der Waals surface area contributed by atoms with E-state index in [9.17, 15) is 9.59 Å². The maximum atomic E-state index is 11.7. The van der Waals surface area contributed by atoms with Gasteiger partial charge in [0.15, 0.2) is 0 Å². The van der Waals surface area contributed by atoms with Gasteiger partial charge in [-0.2, -0.15) is 0 Å². The standard InChI is InChI=1S/C14H17NO3/c1-4-13(16)15(2)12(14(17)18-3)10-11-8-6-5-7-9-11/h4-9,12H,1,10H2,2-3H3/t12-/m0/s1. The second kappa shape index (κ2) is 6.59. The average Bonchev–Trinajstić information content (AvgIpc) is 2.43. The van der Waals surface area contributed by atoms with Crippen molar-refractivity contribution in [1.29, 1.82) is 0 Å². The van der Waals surface area contributed by atoms with E-state index in [1.54, 1.807) is 7.05 Å². The van der Waals surface area contributed by atoms with Crippen LogP contribution in [0.25, 0.3) is 0 Å². The van der Waals surface area contributed by atoms with Crippen LogP contribution in [0.2, 0.25) is 0 Å². The number of hydrogen-bond donors (Lipinski definition) is 0. The van der Waals surface area contributed by atoms with Crippen LogP contribution in [0.4, 0.5) is 0 Å². The molecule has 0 spiro atoms. The Hall–Kier alpha value is -2.10. The largest absolute Gasteiger partial charge is 0.467 e. The maximum Gasteiger partial charge on any atom is 0.328 e. The molecule has 18 heavy (non-hydrogen) atoms. The molecule has 96 valence electrons. The predicted molar refractivity (Wildman–Crippen MR) is 68.9 cm³/mol. The Balaban J connectivity index is 2.89. The molecule has 0 saturated carbocycles. The van der Waals surface area contributed by atoms with Crippen molar-refractivity contribution in [3.8, 4) is 0 Å². The number of ether oxygens (including phenoxy) is 1. The molecule has 1 rings (SSSR count). The molecule has 4 nitrogen and oxygen atoms in total. The number of nitrogens with zero attached hydrogens (tertiary/aromatic N) is 1. The van der Waals surface area contributed by atoms with Gasteiger partial charge in [0.2, 0.25) is 5.91 Å². The summed E-state index contributed by atoms with van der Waals surface area (Å²) in [6, 6.07) is 8.85. The Bertz CT molecular complexity index is 428. The molecule has 0 N–H and O–H groups in total. The molecule has 1 aromatic rings. The maximum absolute atomic E-state index is 11.7. The summed E-state index contributed by atoms with van der Waals surface area (Å²) in [5.41, 5.74) is 0.969. The lowest BCUT2D eigenvalue weighted by molar-refractivity contribution is -0.150. The van der Waals surface area contributed by atoms with Gasteiger partial charge in [0, 0.05) is 13.5 Å². The smallest absolute Gasteiger partial charge is 0.328 e. The van der Waals surface area contributed by atoms with E-state index in [1.165, 1.54) is 18.1 Å². The van der Waals surface area contributed by atoms with E-state index in [0.29, 0.717) is 6.42 Å². The second-order valence-electron chi connectivity index (χ2n) is 3.88. The third-order valence-electron chi connectivity index (χ3n) is 2.73. The highest BCUT2D eigenvalue weighted by molar-refractivity contribution is 5.91. The minimum absolute atomic E-state index is 0.304. The summed E-state index contributed by atoms with van der Waals surface area (Å²) in [6.07, 6.45) is 1.60. The topological polar surface area (TPSA) is 46.6 Å². The second-order valence-corrected chi connectivity index (χ2v) is 3.88. The molecule has 1 atom stereocenters. The van der Waals surface area contributed by atoms with Gasteiger partial charge in [-0.3, -0.25) is 4.79 Å². The van der Waals surface area contributed by atoms with Crippen LogP contribution in [0.15, 0.2) is 43.0 Å². The quantitative estimate of drug-likeness (QED) is 0.584. The first kappa shape index (κ1) is 14.0. The molecule has 0 aromatic heterocycles. The number of likely N-dealkylation sites (N-methyl/N-ethyl adjacent to an activating group) is 1. The Morgan fingerprint density at radius 1 is 1.39 bits per heavy atom. The first-order valence-electron chi connectivity index (χ1n) is 5.61. The lowest BCUT2D eigenvalue weighted by Crippen LogP contribution is -2.43. The summed E-state index contributed by atoms with van der Waals surface area (Å²) in [6.45, 7) is 3.41. The van der Waals surface area contributed by atoms with Crippen LogP contribution in [-0.4, -0.2) is 37.0 Å². The van der Waals surface area contributed by atoms with Crippen LogP contribution >= 0.6 is 0 Å². The first-order valence-corrected chi connectivity index (χ1v) is 5.61. The average molecular weight is 247 g/mol. The van der Waals surface area contributed by atoms with Crippen molar-refractivity contribution in [3.63, 3.8) is 0 Å². The van der Waals surface area contributed by atoms with Crippen LogP contribution in [0, 0.1) is 0 Å². The Morgan fingerprint density at radius 3 is 2.50 bits per heavy atom. The molecule has 0 radical (unpaired) electrons. The van der Waals surface area contributed by atoms with E-state index in [4.69, 9.17) is 4.74 Å². The van der Waals surface area contributed by atoms with Gasteiger partial charge >= 0.3 is 5.97 Å². The van der Waals surface area contributed by atoms with Gasteiger partial charge in [0.25, 0.3) is 0 Å². The van der Waals surface area contributed by atoms with Crippen molar-refractivity contribution < 1.29 is 14.3 Å². The number of esters is 1. The number of amides is 1. The number of benzene rings is 1.